The van der Waals surface area contributed by atoms with Crippen LogP contribution in [-0.2, 0) is 25.7 Å². The second-order valence-electron chi connectivity index (χ2n) is 3.38. The minimum absolute atomic E-state index is 1.23. The first kappa shape index (κ1) is 10.9. The molecule has 0 amide bonds. The third kappa shape index (κ3) is 1.99. The molecule has 0 atom stereocenters. The van der Waals surface area contributed by atoms with Crippen molar-refractivity contribution in [2.45, 2.75) is 53.4 Å². The van der Waals surface area contributed by atoms with Crippen LogP contribution in [0, 0.1) is 0 Å². The minimum atomic E-state index is 1.23. The van der Waals surface area contributed by atoms with Crippen molar-refractivity contribution in [3.8, 4) is 0 Å². The van der Waals surface area contributed by atoms with Gasteiger partial charge in [-0.15, -0.1) is 0 Å². The number of hydrogen-bond donors (Lipinski definition) is 0. The SMILES string of the molecule is CCc1[p-]c(CC)c(CC)c1CC. The fourth-order valence-corrected chi connectivity index (χ4v) is 3.56. The molecule has 0 fully saturated rings. The van der Waals surface area contributed by atoms with Crippen molar-refractivity contribution in [1.29, 1.82) is 0 Å². The summed E-state index contributed by atoms with van der Waals surface area (Å²) in [7, 11) is 1.53. The van der Waals surface area contributed by atoms with Crippen LogP contribution < -0.4 is 0 Å². The Morgan fingerprint density at radius 1 is 0.692 bits per heavy atom. The van der Waals surface area contributed by atoms with Gasteiger partial charge in [0.1, 0.15) is 0 Å². The molecule has 1 heteroatoms. The quantitative estimate of drug-likeness (QED) is 0.674. The Balaban J connectivity index is 3.17. The Labute approximate surface area is 83.8 Å². The van der Waals surface area contributed by atoms with Crippen LogP contribution in [0.2, 0.25) is 0 Å². The van der Waals surface area contributed by atoms with E-state index in [1.807, 2.05) is 0 Å². The average molecular weight is 195 g/mol. The van der Waals surface area contributed by atoms with Crippen molar-refractivity contribution in [1.82, 2.24) is 0 Å². The lowest BCUT2D eigenvalue weighted by atomic mass is 10.0. The molecule has 0 aliphatic heterocycles. The van der Waals surface area contributed by atoms with Crippen LogP contribution in [0.1, 0.15) is 49.4 Å². The number of aryl methyl sites for hydroxylation is 2. The monoisotopic (exact) mass is 195 g/mol. The van der Waals surface area contributed by atoms with E-state index >= 15 is 0 Å². The molecular weight excluding hydrogens is 175 g/mol. The van der Waals surface area contributed by atoms with E-state index in [0.29, 0.717) is 0 Å². The first-order chi connectivity index (χ1) is 6.28. The highest BCUT2D eigenvalue weighted by Crippen LogP contribution is 2.34. The van der Waals surface area contributed by atoms with Crippen molar-refractivity contribution < 1.29 is 0 Å². The summed E-state index contributed by atoms with van der Waals surface area (Å²) in [5, 5.41) is 3.35. The lowest BCUT2D eigenvalue weighted by Gasteiger charge is -2.08. The average Bonchev–Trinajstić information content (AvgIpc) is 2.54. The maximum atomic E-state index is 2.29. The van der Waals surface area contributed by atoms with Gasteiger partial charge in [-0.1, -0.05) is 51.7 Å². The van der Waals surface area contributed by atoms with Crippen molar-refractivity contribution in [2.75, 3.05) is 0 Å². The lowest BCUT2D eigenvalue weighted by molar-refractivity contribution is 0.992. The summed E-state index contributed by atoms with van der Waals surface area (Å²) in [6.45, 7) is 9.14. The van der Waals surface area contributed by atoms with Gasteiger partial charge < -0.3 is 8.19 Å². The zero-order chi connectivity index (χ0) is 9.84. The van der Waals surface area contributed by atoms with Crippen LogP contribution in [0.5, 0.6) is 0 Å². The molecular formula is C12H20P-. The predicted molar refractivity (Wildman–Crippen MR) is 62.1 cm³/mol. The molecule has 0 radical (unpaired) electrons. The standard InChI is InChI=1S/C12H20P/c1-5-9-10(6-2)12(8-4)13-11(9)7-3/h5-8H2,1-4H3/q-1. The smallest absolute Gasteiger partial charge is 0.0329 e. The van der Waals surface area contributed by atoms with Gasteiger partial charge in [-0.05, 0) is 12.8 Å². The van der Waals surface area contributed by atoms with Crippen LogP contribution in [0.15, 0.2) is 0 Å². The van der Waals surface area contributed by atoms with E-state index < -0.39 is 0 Å². The molecule has 0 saturated heterocycles. The molecule has 1 rings (SSSR count). The summed E-state index contributed by atoms with van der Waals surface area (Å²) in [6, 6.07) is 0. The van der Waals surface area contributed by atoms with Crippen LogP contribution in [0.25, 0.3) is 0 Å². The van der Waals surface area contributed by atoms with E-state index in [1.165, 1.54) is 33.9 Å². The van der Waals surface area contributed by atoms with Gasteiger partial charge in [-0.2, -0.15) is 0 Å². The van der Waals surface area contributed by atoms with Gasteiger partial charge in [0.15, 0.2) is 0 Å². The van der Waals surface area contributed by atoms with Gasteiger partial charge in [0.05, 0.1) is 0 Å². The third-order valence-corrected chi connectivity index (χ3v) is 4.42. The van der Waals surface area contributed by atoms with Crippen molar-refractivity contribution >= 4 is 8.19 Å². The Bertz CT molecular complexity index is 244. The van der Waals surface area contributed by atoms with E-state index in [1.54, 1.807) is 21.7 Å². The molecule has 1 heterocycles. The van der Waals surface area contributed by atoms with E-state index in [0.717, 1.165) is 0 Å². The summed E-state index contributed by atoms with van der Waals surface area (Å²) < 4.78 is 0. The second kappa shape index (κ2) is 4.86. The van der Waals surface area contributed by atoms with E-state index in [9.17, 15) is 0 Å². The van der Waals surface area contributed by atoms with Crippen LogP contribution in [0.4, 0.5) is 0 Å². The molecule has 0 saturated carbocycles. The topological polar surface area (TPSA) is 0 Å². The molecule has 0 spiro atoms. The predicted octanol–water partition coefficient (Wildman–Crippen LogP) is 4.24. The molecule has 0 aliphatic rings. The number of rotatable bonds is 4. The van der Waals surface area contributed by atoms with Crippen LogP contribution in [-0.4, -0.2) is 0 Å². The minimum Gasteiger partial charge on any atom is -0.524 e. The summed E-state index contributed by atoms with van der Waals surface area (Å²) in [5.74, 6) is 0. The van der Waals surface area contributed by atoms with E-state index in [2.05, 4.69) is 27.7 Å². The Morgan fingerprint density at radius 3 is 1.31 bits per heavy atom. The van der Waals surface area contributed by atoms with Gasteiger partial charge >= 0.3 is 0 Å². The highest BCUT2D eigenvalue weighted by molar-refractivity contribution is 7.32. The molecule has 1 aromatic heterocycles. The fourth-order valence-electron chi connectivity index (χ4n) is 2.07. The second-order valence-corrected chi connectivity index (χ2v) is 4.68. The highest BCUT2D eigenvalue weighted by atomic mass is 31.0. The first-order valence-corrected chi connectivity index (χ1v) is 6.33. The molecule has 0 bridgehead atoms. The first-order valence-electron chi connectivity index (χ1n) is 5.44. The van der Waals surface area contributed by atoms with Crippen LogP contribution in [0.3, 0.4) is 0 Å². The molecule has 0 N–H and O–H groups in total. The molecule has 0 nitrogen and oxygen atoms in total. The number of hydrogen-bond acceptors (Lipinski definition) is 0. The molecule has 0 unspecified atom stereocenters. The zero-order valence-corrected chi connectivity index (χ0v) is 10.2. The zero-order valence-electron chi connectivity index (χ0n) is 9.28. The van der Waals surface area contributed by atoms with Gasteiger partial charge in [-0.25, -0.2) is 10.6 Å². The maximum absolute atomic E-state index is 2.29. The Hall–Kier alpha value is -0.220. The van der Waals surface area contributed by atoms with E-state index in [-0.39, 0.29) is 0 Å². The van der Waals surface area contributed by atoms with E-state index in [4.69, 9.17) is 0 Å². The fraction of sp³-hybridized carbons (Fsp3) is 0.667. The summed E-state index contributed by atoms with van der Waals surface area (Å²) in [5.41, 5.74) is 3.34. The summed E-state index contributed by atoms with van der Waals surface area (Å²) in [6.07, 6.45) is 4.92. The Morgan fingerprint density at radius 2 is 1.08 bits per heavy atom. The lowest BCUT2D eigenvalue weighted by Crippen LogP contribution is -1.91. The summed E-state index contributed by atoms with van der Waals surface area (Å²) in [4.78, 5) is 0. The van der Waals surface area contributed by atoms with Gasteiger partial charge in [0, 0.05) is 0 Å². The molecule has 13 heavy (non-hydrogen) atoms. The van der Waals surface area contributed by atoms with Crippen LogP contribution >= 0.6 is 8.19 Å². The van der Waals surface area contributed by atoms with Crippen molar-refractivity contribution in [2.24, 2.45) is 0 Å². The summed E-state index contributed by atoms with van der Waals surface area (Å²) >= 11 is 0. The molecule has 0 aliphatic carbocycles. The van der Waals surface area contributed by atoms with Crippen molar-refractivity contribution in [3.05, 3.63) is 21.7 Å². The largest absolute Gasteiger partial charge is 0.524 e. The van der Waals surface area contributed by atoms with Gasteiger partial charge in [-0.3, -0.25) is 0 Å². The third-order valence-electron chi connectivity index (χ3n) is 2.71. The normalized spacial score (nSPS) is 10.8. The van der Waals surface area contributed by atoms with Crippen molar-refractivity contribution in [3.63, 3.8) is 0 Å². The van der Waals surface area contributed by atoms with Gasteiger partial charge in [0.25, 0.3) is 0 Å². The highest BCUT2D eigenvalue weighted by Gasteiger charge is 2.02. The molecule has 1 aromatic rings. The molecule has 0 aromatic carbocycles. The molecule has 74 valence electrons. The van der Waals surface area contributed by atoms with Gasteiger partial charge in [0.2, 0.25) is 0 Å². The maximum Gasteiger partial charge on any atom is -0.0329 e. The Kier molecular flexibility index (Phi) is 4.06.